The molecule has 1 heterocycles. The Morgan fingerprint density at radius 1 is 1.07 bits per heavy atom. The fourth-order valence-electron chi connectivity index (χ4n) is 1.56. The van der Waals surface area contributed by atoms with Crippen molar-refractivity contribution in [1.82, 2.24) is 0 Å². The third-order valence-corrected chi connectivity index (χ3v) is 2.50. The monoisotopic (exact) mass is 199 g/mol. The topological polar surface area (TPSA) is 26.9 Å². The highest BCUT2D eigenvalue weighted by Gasteiger charge is 2.05. The van der Waals surface area contributed by atoms with Crippen LogP contribution in [0.4, 0.5) is 0 Å². The van der Waals surface area contributed by atoms with Gasteiger partial charge in [-0.15, -0.1) is 0 Å². The van der Waals surface area contributed by atoms with Gasteiger partial charge in [0.25, 0.3) is 0 Å². The van der Waals surface area contributed by atoms with Crippen molar-refractivity contribution in [2.24, 2.45) is 0 Å². The summed E-state index contributed by atoms with van der Waals surface area (Å²) in [6.07, 6.45) is 1.93. The standard InChI is InChI=1S/C13H13NO/c1-11-13(15)8-5-9-14(11)10-12-6-3-2-4-7-12/h2-9H,10H2,1H3. The number of pyridine rings is 1. The molecule has 0 atom stereocenters. The normalized spacial score (nSPS) is 10.2. The van der Waals surface area contributed by atoms with Crippen LogP contribution in [0.2, 0.25) is 0 Å². The quantitative estimate of drug-likeness (QED) is 0.672. The molecule has 0 spiro atoms. The zero-order valence-electron chi connectivity index (χ0n) is 8.68. The van der Waals surface area contributed by atoms with E-state index in [-0.39, 0.29) is 5.75 Å². The molecule has 0 N–H and O–H groups in total. The molecule has 0 aliphatic heterocycles. The fourth-order valence-corrected chi connectivity index (χ4v) is 1.56. The van der Waals surface area contributed by atoms with E-state index in [2.05, 4.69) is 12.1 Å². The van der Waals surface area contributed by atoms with Crippen LogP contribution in [0.1, 0.15) is 11.3 Å². The van der Waals surface area contributed by atoms with E-state index >= 15 is 0 Å². The van der Waals surface area contributed by atoms with E-state index < -0.39 is 0 Å². The van der Waals surface area contributed by atoms with E-state index in [4.69, 9.17) is 0 Å². The maximum Gasteiger partial charge on any atom is 0.174 e. The summed E-state index contributed by atoms with van der Waals surface area (Å²) < 4.78 is 1.97. The van der Waals surface area contributed by atoms with Crippen molar-refractivity contribution in [3.63, 3.8) is 0 Å². The van der Waals surface area contributed by atoms with Gasteiger partial charge in [-0.25, -0.2) is 0 Å². The van der Waals surface area contributed by atoms with Crippen LogP contribution in [0.15, 0.2) is 48.7 Å². The molecule has 1 aromatic heterocycles. The number of rotatable bonds is 2. The lowest BCUT2D eigenvalue weighted by Crippen LogP contribution is -2.37. The Morgan fingerprint density at radius 3 is 2.53 bits per heavy atom. The first-order valence-electron chi connectivity index (χ1n) is 4.97. The van der Waals surface area contributed by atoms with Crippen LogP contribution < -0.4 is 9.67 Å². The molecule has 0 aliphatic rings. The third-order valence-electron chi connectivity index (χ3n) is 2.50. The Bertz CT molecular complexity index is 451. The van der Waals surface area contributed by atoms with Gasteiger partial charge in [0.05, 0.1) is 0 Å². The van der Waals surface area contributed by atoms with Gasteiger partial charge in [-0.05, 0) is 5.75 Å². The maximum atomic E-state index is 11.4. The van der Waals surface area contributed by atoms with Crippen molar-refractivity contribution in [3.8, 4) is 5.75 Å². The lowest BCUT2D eigenvalue weighted by molar-refractivity contribution is -0.696. The van der Waals surface area contributed by atoms with E-state index in [0.29, 0.717) is 0 Å². The molecule has 0 fully saturated rings. The fraction of sp³-hybridized carbons (Fsp3) is 0.154. The van der Waals surface area contributed by atoms with Gasteiger partial charge in [-0.3, -0.25) is 0 Å². The molecule has 76 valence electrons. The molecule has 2 rings (SSSR count). The van der Waals surface area contributed by atoms with Gasteiger partial charge in [0.15, 0.2) is 18.4 Å². The number of hydrogen-bond donors (Lipinski definition) is 0. The van der Waals surface area contributed by atoms with Crippen molar-refractivity contribution in [1.29, 1.82) is 0 Å². The van der Waals surface area contributed by atoms with E-state index in [1.54, 1.807) is 12.1 Å². The molecule has 1 aromatic carbocycles. The molecule has 2 aromatic rings. The predicted molar refractivity (Wildman–Crippen MR) is 56.4 cm³/mol. The lowest BCUT2D eigenvalue weighted by Gasteiger charge is -2.08. The summed E-state index contributed by atoms with van der Waals surface area (Å²) in [6, 6.07) is 13.5. The number of aromatic nitrogens is 1. The average molecular weight is 199 g/mol. The lowest BCUT2D eigenvalue weighted by atomic mass is 10.2. The van der Waals surface area contributed by atoms with Gasteiger partial charge in [-0.2, -0.15) is 4.57 Å². The van der Waals surface area contributed by atoms with E-state index in [1.807, 2.05) is 35.9 Å². The van der Waals surface area contributed by atoms with Crippen molar-refractivity contribution in [2.45, 2.75) is 13.5 Å². The molecule has 15 heavy (non-hydrogen) atoms. The molecule has 0 amide bonds. The highest BCUT2D eigenvalue weighted by atomic mass is 16.3. The Morgan fingerprint density at radius 2 is 1.80 bits per heavy atom. The van der Waals surface area contributed by atoms with Crippen LogP contribution in [0.25, 0.3) is 0 Å². The van der Waals surface area contributed by atoms with Crippen LogP contribution in [0.5, 0.6) is 5.75 Å². The van der Waals surface area contributed by atoms with Gasteiger partial charge in [0.1, 0.15) is 0 Å². The van der Waals surface area contributed by atoms with Crippen LogP contribution in [0.3, 0.4) is 0 Å². The largest absolute Gasteiger partial charge is 0.868 e. The molecule has 2 heteroatoms. The SMILES string of the molecule is Cc1c([O-])ccc[n+]1Cc1ccccc1. The Balaban J connectivity index is 2.29. The molecule has 0 saturated heterocycles. The van der Waals surface area contributed by atoms with Crippen molar-refractivity contribution >= 4 is 0 Å². The van der Waals surface area contributed by atoms with Crippen LogP contribution in [0, 0.1) is 6.92 Å². The van der Waals surface area contributed by atoms with E-state index in [1.165, 1.54) is 5.56 Å². The second kappa shape index (κ2) is 4.13. The van der Waals surface area contributed by atoms with Crippen LogP contribution in [-0.4, -0.2) is 0 Å². The van der Waals surface area contributed by atoms with Gasteiger partial charge in [-0.1, -0.05) is 36.4 Å². The number of nitrogens with zero attached hydrogens (tertiary/aromatic N) is 1. The van der Waals surface area contributed by atoms with Crippen LogP contribution in [-0.2, 0) is 6.54 Å². The summed E-state index contributed by atoms with van der Waals surface area (Å²) in [4.78, 5) is 0. The number of hydrogen-bond acceptors (Lipinski definition) is 1. The summed E-state index contributed by atoms with van der Waals surface area (Å²) in [5.74, 6) is 0.0911. The minimum Gasteiger partial charge on any atom is -0.868 e. The first kappa shape index (κ1) is 9.71. The summed E-state index contributed by atoms with van der Waals surface area (Å²) in [6.45, 7) is 2.61. The van der Waals surface area contributed by atoms with Gasteiger partial charge < -0.3 is 5.11 Å². The minimum atomic E-state index is 0.0911. The highest BCUT2D eigenvalue weighted by Crippen LogP contribution is 2.06. The second-order valence-corrected chi connectivity index (χ2v) is 3.57. The average Bonchev–Trinajstić information content (AvgIpc) is 2.26. The molecule has 0 radical (unpaired) electrons. The first-order valence-corrected chi connectivity index (χ1v) is 4.97. The first-order chi connectivity index (χ1) is 7.27. The van der Waals surface area contributed by atoms with Crippen molar-refractivity contribution in [2.75, 3.05) is 0 Å². The smallest absolute Gasteiger partial charge is 0.174 e. The number of benzene rings is 1. The molecular weight excluding hydrogens is 186 g/mol. The van der Waals surface area contributed by atoms with Gasteiger partial charge >= 0.3 is 0 Å². The molecule has 2 nitrogen and oxygen atoms in total. The molecule has 0 bridgehead atoms. The third kappa shape index (κ3) is 2.15. The summed E-state index contributed by atoms with van der Waals surface area (Å²) >= 11 is 0. The summed E-state index contributed by atoms with van der Waals surface area (Å²) in [5.41, 5.74) is 1.98. The predicted octanol–water partition coefficient (Wildman–Crippen LogP) is 1.40. The van der Waals surface area contributed by atoms with E-state index in [0.717, 1.165) is 12.2 Å². The maximum absolute atomic E-state index is 11.4. The highest BCUT2D eigenvalue weighted by molar-refractivity contribution is 5.18. The van der Waals surface area contributed by atoms with Gasteiger partial charge in [0, 0.05) is 18.6 Å². The van der Waals surface area contributed by atoms with Crippen LogP contribution >= 0.6 is 0 Å². The Hall–Kier alpha value is -1.83. The minimum absolute atomic E-state index is 0.0911. The molecular formula is C13H13NO. The summed E-state index contributed by atoms with van der Waals surface area (Å²) in [5, 5.41) is 11.4. The Kier molecular flexibility index (Phi) is 2.68. The van der Waals surface area contributed by atoms with E-state index in [9.17, 15) is 5.11 Å². The second-order valence-electron chi connectivity index (χ2n) is 3.57. The zero-order chi connectivity index (χ0) is 10.7. The molecule has 0 aliphatic carbocycles. The zero-order valence-corrected chi connectivity index (χ0v) is 8.68. The molecule has 0 saturated carbocycles. The Labute approximate surface area is 89.4 Å². The van der Waals surface area contributed by atoms with Crippen molar-refractivity contribution in [3.05, 3.63) is 59.9 Å². The van der Waals surface area contributed by atoms with Gasteiger partial charge in [0.2, 0.25) is 0 Å². The van der Waals surface area contributed by atoms with Crippen molar-refractivity contribution < 1.29 is 9.67 Å². The summed E-state index contributed by atoms with van der Waals surface area (Å²) in [7, 11) is 0. The molecule has 0 unspecified atom stereocenters.